The van der Waals surface area contributed by atoms with Crippen molar-refractivity contribution in [1.82, 2.24) is 0 Å². The minimum Gasteiger partial charge on any atom is -0.264 e. The number of rotatable bonds is 6. The molecule has 0 amide bonds. The number of allylic oxidation sites excluding steroid dienone is 3. The van der Waals surface area contributed by atoms with Crippen molar-refractivity contribution in [3.8, 4) is 0 Å². The molecule has 0 saturated carbocycles. The molecule has 0 aliphatic heterocycles. The Hall–Kier alpha value is -3.45. The first kappa shape index (κ1) is 17.4. The molecule has 0 spiro atoms. The maximum absolute atomic E-state index is 4.26. The van der Waals surface area contributed by atoms with Crippen molar-refractivity contribution >= 4 is 34.8 Å². The minimum absolute atomic E-state index is 0.782. The molecule has 0 atom stereocenters. The van der Waals surface area contributed by atoms with Crippen molar-refractivity contribution in [2.45, 2.75) is 0 Å². The van der Waals surface area contributed by atoms with E-state index in [1.807, 2.05) is 54.6 Å². The topological polar surface area (TPSA) is 12.4 Å². The fourth-order valence-corrected chi connectivity index (χ4v) is 3.03. The van der Waals surface area contributed by atoms with Crippen LogP contribution >= 0.6 is 0 Å². The Balaban J connectivity index is 2.03. The zero-order valence-electron chi connectivity index (χ0n) is 14.8. The van der Waals surface area contributed by atoms with Gasteiger partial charge in [0, 0.05) is 5.56 Å². The number of hydrogen-bond donors (Lipinski definition) is 0. The molecule has 0 aromatic heterocycles. The molecule has 0 heterocycles. The maximum atomic E-state index is 4.26. The standard InChI is InChI=1S/C25H21N/c1-5-20-11-6-8-14-22(20)19(3)18(2)17-25(26-4)24-16-10-13-21-12-7-9-15-23(21)24/h5-17H,1-4H2. The molecule has 0 N–H and O–H groups in total. The lowest BCUT2D eigenvalue weighted by molar-refractivity contribution is 1.52. The highest BCUT2D eigenvalue weighted by molar-refractivity contribution is 5.96. The van der Waals surface area contributed by atoms with Crippen LogP contribution in [0.4, 0.5) is 0 Å². The van der Waals surface area contributed by atoms with E-state index in [0.29, 0.717) is 0 Å². The highest BCUT2D eigenvalue weighted by atomic mass is 14.7. The van der Waals surface area contributed by atoms with Gasteiger partial charge in [-0.25, -0.2) is 0 Å². The summed E-state index contributed by atoms with van der Waals surface area (Å²) in [4.78, 5) is 4.26. The van der Waals surface area contributed by atoms with E-state index < -0.39 is 0 Å². The van der Waals surface area contributed by atoms with Crippen LogP contribution in [0.1, 0.15) is 16.7 Å². The minimum atomic E-state index is 0.782. The summed E-state index contributed by atoms with van der Waals surface area (Å²) in [6.07, 6.45) is 3.77. The molecular formula is C25H21N. The van der Waals surface area contributed by atoms with Crippen molar-refractivity contribution in [2.24, 2.45) is 4.99 Å². The van der Waals surface area contributed by atoms with Crippen LogP contribution in [0.25, 0.3) is 28.1 Å². The molecule has 1 nitrogen and oxygen atoms in total. The number of aliphatic imine (C=N–C) groups is 1. The third-order valence-electron chi connectivity index (χ3n) is 4.44. The van der Waals surface area contributed by atoms with Crippen LogP contribution in [0.15, 0.2) is 103 Å². The molecule has 0 aliphatic carbocycles. The van der Waals surface area contributed by atoms with Crippen LogP contribution in [-0.2, 0) is 0 Å². The summed E-state index contributed by atoms with van der Waals surface area (Å²) < 4.78 is 0. The summed E-state index contributed by atoms with van der Waals surface area (Å²) in [5, 5.41) is 2.31. The third-order valence-corrected chi connectivity index (χ3v) is 4.44. The molecular weight excluding hydrogens is 314 g/mol. The lowest BCUT2D eigenvalue weighted by atomic mass is 9.94. The Morgan fingerprint density at radius 2 is 1.46 bits per heavy atom. The van der Waals surface area contributed by atoms with Gasteiger partial charge in [0.25, 0.3) is 0 Å². The summed E-state index contributed by atoms with van der Waals surface area (Å²) in [5.41, 5.74) is 5.51. The lowest BCUT2D eigenvalue weighted by Crippen LogP contribution is -1.91. The van der Waals surface area contributed by atoms with Crippen molar-refractivity contribution in [2.75, 3.05) is 0 Å². The van der Waals surface area contributed by atoms with Gasteiger partial charge in [-0.1, -0.05) is 92.5 Å². The van der Waals surface area contributed by atoms with E-state index in [4.69, 9.17) is 0 Å². The molecule has 3 aromatic carbocycles. The Labute approximate surface area is 155 Å². The first-order chi connectivity index (χ1) is 12.7. The second kappa shape index (κ2) is 7.62. The van der Waals surface area contributed by atoms with Crippen LogP contribution in [0, 0.1) is 0 Å². The fraction of sp³-hybridized carbons (Fsp3) is 0. The quantitative estimate of drug-likeness (QED) is 0.347. The van der Waals surface area contributed by atoms with Gasteiger partial charge in [-0.15, -0.1) is 0 Å². The van der Waals surface area contributed by atoms with E-state index in [2.05, 4.69) is 55.7 Å². The molecule has 3 aromatic rings. The Kier molecular flexibility index (Phi) is 5.09. The smallest absolute Gasteiger partial charge is 0.0706 e. The van der Waals surface area contributed by atoms with Crippen LogP contribution < -0.4 is 0 Å². The average Bonchev–Trinajstić information content (AvgIpc) is 2.70. The highest BCUT2D eigenvalue weighted by Crippen LogP contribution is 2.30. The zero-order valence-corrected chi connectivity index (χ0v) is 14.8. The van der Waals surface area contributed by atoms with Crippen molar-refractivity contribution in [1.29, 1.82) is 0 Å². The lowest BCUT2D eigenvalue weighted by Gasteiger charge is -2.12. The summed E-state index contributed by atoms with van der Waals surface area (Å²) in [7, 11) is 0. The zero-order chi connectivity index (χ0) is 18.5. The van der Waals surface area contributed by atoms with Crippen molar-refractivity contribution in [3.05, 3.63) is 115 Å². The predicted octanol–water partition coefficient (Wildman–Crippen LogP) is 6.79. The van der Waals surface area contributed by atoms with Gasteiger partial charge >= 0.3 is 0 Å². The molecule has 0 saturated heterocycles. The van der Waals surface area contributed by atoms with Gasteiger partial charge in [-0.05, 0) is 45.8 Å². The number of benzene rings is 3. The summed E-state index contributed by atoms with van der Waals surface area (Å²) in [6.45, 7) is 16.1. The van der Waals surface area contributed by atoms with Crippen molar-refractivity contribution < 1.29 is 0 Å². The monoisotopic (exact) mass is 335 g/mol. The Bertz CT molecular complexity index is 1050. The summed E-state index contributed by atoms with van der Waals surface area (Å²) in [5.74, 6) is 0. The summed E-state index contributed by atoms with van der Waals surface area (Å²) in [6, 6.07) is 22.4. The predicted molar refractivity (Wildman–Crippen MR) is 116 cm³/mol. The fourth-order valence-electron chi connectivity index (χ4n) is 3.03. The first-order valence-electron chi connectivity index (χ1n) is 8.42. The first-order valence-corrected chi connectivity index (χ1v) is 8.42. The van der Waals surface area contributed by atoms with Gasteiger partial charge in [0.2, 0.25) is 0 Å². The van der Waals surface area contributed by atoms with E-state index >= 15 is 0 Å². The van der Waals surface area contributed by atoms with Crippen molar-refractivity contribution in [3.63, 3.8) is 0 Å². The molecule has 3 rings (SSSR count). The maximum Gasteiger partial charge on any atom is 0.0706 e. The molecule has 0 aliphatic rings. The molecule has 0 radical (unpaired) electrons. The van der Waals surface area contributed by atoms with Gasteiger partial charge in [-0.2, -0.15) is 0 Å². The van der Waals surface area contributed by atoms with Gasteiger partial charge < -0.3 is 0 Å². The van der Waals surface area contributed by atoms with E-state index in [-0.39, 0.29) is 0 Å². The largest absolute Gasteiger partial charge is 0.264 e. The van der Waals surface area contributed by atoms with E-state index in [1.54, 1.807) is 0 Å². The van der Waals surface area contributed by atoms with Crippen LogP contribution in [-0.4, -0.2) is 6.72 Å². The summed E-state index contributed by atoms with van der Waals surface area (Å²) >= 11 is 0. The van der Waals surface area contributed by atoms with Crippen LogP contribution in [0.5, 0.6) is 0 Å². The molecule has 126 valence electrons. The van der Waals surface area contributed by atoms with E-state index in [1.165, 1.54) is 5.39 Å². The highest BCUT2D eigenvalue weighted by Gasteiger charge is 2.09. The van der Waals surface area contributed by atoms with Crippen LogP contribution in [0.2, 0.25) is 0 Å². The van der Waals surface area contributed by atoms with E-state index in [9.17, 15) is 0 Å². The number of fused-ring (bicyclic) bond motifs is 1. The van der Waals surface area contributed by atoms with Gasteiger partial charge in [0.1, 0.15) is 0 Å². The molecule has 26 heavy (non-hydrogen) atoms. The normalized spacial score (nSPS) is 11.2. The molecule has 0 bridgehead atoms. The third kappa shape index (κ3) is 3.33. The molecule has 0 unspecified atom stereocenters. The SMILES string of the molecule is C=Cc1ccccc1C(=C)C(=C)C=C(N=C)c1cccc2ccccc12. The number of hydrogen-bond acceptors (Lipinski definition) is 1. The van der Waals surface area contributed by atoms with Crippen LogP contribution in [0.3, 0.4) is 0 Å². The van der Waals surface area contributed by atoms with E-state index in [0.717, 1.165) is 38.9 Å². The molecule has 1 heteroatoms. The number of nitrogens with zero attached hydrogens (tertiary/aromatic N) is 1. The molecule has 0 fully saturated rings. The average molecular weight is 335 g/mol. The van der Waals surface area contributed by atoms with Gasteiger partial charge in [-0.3, -0.25) is 4.99 Å². The van der Waals surface area contributed by atoms with Gasteiger partial charge in [0.15, 0.2) is 0 Å². The Morgan fingerprint density at radius 3 is 2.23 bits per heavy atom. The van der Waals surface area contributed by atoms with Gasteiger partial charge in [0.05, 0.1) is 5.70 Å². The second-order valence-electron chi connectivity index (χ2n) is 6.01. The second-order valence-corrected chi connectivity index (χ2v) is 6.01. The Morgan fingerprint density at radius 1 is 0.808 bits per heavy atom.